The molecule has 2 nitrogen and oxygen atoms in total. The van der Waals surface area contributed by atoms with E-state index in [0.717, 1.165) is 24.0 Å². The topological polar surface area (TPSA) is 40.5 Å². The molecule has 10 aromatic carbocycles. The second-order valence-corrected chi connectivity index (χ2v) is 19.6. The minimum absolute atomic E-state index is 0. The van der Waals surface area contributed by atoms with Crippen molar-refractivity contribution in [1.82, 2.24) is 0 Å². The Kier molecular flexibility index (Phi) is 20.6. The quantitative estimate of drug-likeness (QED) is 0.136. The van der Waals surface area contributed by atoms with E-state index in [2.05, 4.69) is 208 Å². The number of hydrogen-bond acceptors (Lipinski definition) is 2. The molecule has 0 heterocycles. The molecule has 0 saturated carbocycles. The summed E-state index contributed by atoms with van der Waals surface area (Å²) in [5.74, 6) is 0.793. The molecular weight excluding hydrogens is 944 g/mol. The van der Waals surface area contributed by atoms with E-state index in [1.54, 1.807) is 12.1 Å². The van der Waals surface area contributed by atoms with Gasteiger partial charge < -0.3 is 25.1 Å². The molecule has 0 aliphatic carbocycles. The summed E-state index contributed by atoms with van der Waals surface area (Å²) in [6.07, 6.45) is 2.17. The molecule has 10 rings (SSSR count). The van der Waals surface area contributed by atoms with Crippen LogP contribution in [0.15, 0.2) is 182 Å². The van der Waals surface area contributed by atoms with E-state index in [9.17, 15) is 10.2 Å². The van der Waals surface area contributed by atoms with Crippen molar-refractivity contribution >= 4 is 50.0 Å². The number of rotatable bonds is 4. The van der Waals surface area contributed by atoms with Crippen LogP contribution in [-0.2, 0) is 47.0 Å². The van der Waals surface area contributed by atoms with E-state index in [1.807, 2.05) is 38.1 Å². The van der Waals surface area contributed by atoms with Gasteiger partial charge in [-0.25, -0.2) is 0 Å². The van der Waals surface area contributed by atoms with Gasteiger partial charge >= 0.3 is 30.2 Å². The Bertz CT molecular complexity index is 3030. The van der Waals surface area contributed by atoms with E-state index >= 15 is 0 Å². The number of benzene rings is 8. The van der Waals surface area contributed by atoms with Gasteiger partial charge in [0.1, 0.15) is 11.5 Å². The maximum absolute atomic E-state index is 9.57. The molecule has 360 valence electrons. The third-order valence-electron chi connectivity index (χ3n) is 12.5. The second kappa shape index (κ2) is 25.4. The molecule has 0 atom stereocenters. The minimum atomic E-state index is 0. The molecule has 0 unspecified atom stereocenters. The zero-order valence-corrected chi connectivity index (χ0v) is 47.1. The van der Waals surface area contributed by atoms with Gasteiger partial charge in [-0.3, -0.25) is 0 Å². The summed E-state index contributed by atoms with van der Waals surface area (Å²) in [6.45, 7) is 24.2. The number of aromatic hydroxyl groups is 2. The third kappa shape index (κ3) is 13.7. The Morgan fingerprint density at radius 1 is 0.414 bits per heavy atom. The van der Waals surface area contributed by atoms with Crippen LogP contribution in [-0.4, -0.2) is 17.1 Å². The van der Waals surface area contributed by atoms with Crippen molar-refractivity contribution in [2.75, 3.05) is 0 Å². The Morgan fingerprint density at radius 2 is 0.729 bits per heavy atom. The van der Waals surface area contributed by atoms with Crippen molar-refractivity contribution in [3.63, 3.8) is 0 Å². The predicted molar refractivity (Wildman–Crippen MR) is 305 cm³/mol. The first-order chi connectivity index (χ1) is 32.5. The molecule has 0 bridgehead atoms. The van der Waals surface area contributed by atoms with Crippen LogP contribution in [0.2, 0.25) is 0 Å². The van der Waals surface area contributed by atoms with Gasteiger partial charge in [-0.1, -0.05) is 199 Å². The number of phenols is 2. The van der Waals surface area contributed by atoms with Gasteiger partial charge in [0.05, 0.1) is 0 Å². The van der Waals surface area contributed by atoms with Crippen molar-refractivity contribution in [2.45, 2.75) is 92.9 Å². The number of hydrogen-bond donors (Lipinski definition) is 2. The van der Waals surface area contributed by atoms with Gasteiger partial charge in [0.2, 0.25) is 0 Å². The first-order valence-electron chi connectivity index (χ1n) is 23.7. The Labute approximate surface area is 437 Å². The third-order valence-corrected chi connectivity index (χ3v) is 12.5. The molecule has 0 fully saturated rings. The summed E-state index contributed by atoms with van der Waals surface area (Å²) in [5.41, 5.74) is 12.6. The van der Waals surface area contributed by atoms with Gasteiger partial charge in [-0.05, 0) is 93.5 Å². The summed E-state index contributed by atoms with van der Waals surface area (Å²) in [4.78, 5) is 0. The Balaban J connectivity index is 0.000000206. The number of aryl methyl sites for hydroxylation is 4. The van der Waals surface area contributed by atoms with E-state index in [4.69, 9.17) is 0 Å². The molecular formula is C66H72O2SiZr-4. The SMILES string of the molecule is CCc1cc2c(-c3cccc4ccccc34)cccc2[cH-]1.CCc1cc2c(-c3cccc4ccccc34)cccc2[cH-]1.Cc1ccc(O)c(C(C)(C)C)c1.Cc1ccc(O)c(C(C)(C)C)c1.[CH3-].[CH3-].[Si]=[Zr]. The van der Waals surface area contributed by atoms with E-state index in [0.29, 0.717) is 11.5 Å². The van der Waals surface area contributed by atoms with Crippen LogP contribution in [0, 0.1) is 28.7 Å². The summed E-state index contributed by atoms with van der Waals surface area (Å²) in [7, 11) is 0. The predicted octanol–water partition coefficient (Wildman–Crippen LogP) is 18.4. The number of fused-ring (bicyclic) bond motifs is 4. The molecule has 0 aliphatic rings. The van der Waals surface area contributed by atoms with Gasteiger partial charge in [-0.15, -0.1) is 69.1 Å². The first-order valence-corrected chi connectivity index (χ1v) is 27.9. The molecule has 0 aliphatic heterocycles. The number of phenolic OH excluding ortho intramolecular Hbond substituents is 2. The standard InChI is InChI=1S/2C21H17.2C11H16O.2CH3.Si.Zr/c2*1-2-15-13-17-9-6-12-20(21(17)14-15)19-11-5-8-16-7-3-4-10-18(16)19;2*1-8-5-6-10(12)9(7-8)11(2,3)4;;;;/h2*3-14H,2H2,1H3;2*5-7,12H,1-4H3;2*1H3;;/q2*-1;;;2*-1;;. The molecule has 70 heavy (non-hydrogen) atoms. The van der Waals surface area contributed by atoms with Crippen molar-refractivity contribution < 1.29 is 33.5 Å². The molecule has 10 aromatic rings. The van der Waals surface area contributed by atoms with E-state index in [1.165, 1.54) is 111 Å². The molecule has 0 saturated heterocycles. The monoisotopic (exact) mass is 1010 g/mol. The first kappa shape index (κ1) is 56.8. The molecule has 0 amide bonds. The molecule has 0 spiro atoms. The van der Waals surface area contributed by atoms with Gasteiger partial charge in [0, 0.05) is 0 Å². The Morgan fingerprint density at radius 3 is 1.06 bits per heavy atom. The van der Waals surface area contributed by atoms with Gasteiger partial charge in [0.25, 0.3) is 0 Å². The summed E-state index contributed by atoms with van der Waals surface area (Å²) < 4.78 is 0. The zero-order valence-electron chi connectivity index (χ0n) is 43.6. The summed E-state index contributed by atoms with van der Waals surface area (Å²) >= 11 is 1.36. The average Bonchev–Trinajstić information content (AvgIpc) is 3.98. The van der Waals surface area contributed by atoms with E-state index < -0.39 is 0 Å². The van der Waals surface area contributed by atoms with Crippen LogP contribution < -0.4 is 0 Å². The van der Waals surface area contributed by atoms with E-state index in [-0.39, 0.29) is 25.7 Å². The molecule has 2 radical (unpaired) electrons. The fourth-order valence-corrected chi connectivity index (χ4v) is 8.89. The van der Waals surface area contributed by atoms with Crippen LogP contribution in [0.5, 0.6) is 11.5 Å². The maximum atomic E-state index is 9.57. The zero-order chi connectivity index (χ0) is 49.2. The molecule has 0 aromatic heterocycles. The van der Waals surface area contributed by atoms with Crippen LogP contribution in [0.3, 0.4) is 0 Å². The normalized spacial score (nSPS) is 10.8. The van der Waals surface area contributed by atoms with Crippen molar-refractivity contribution in [2.24, 2.45) is 0 Å². The van der Waals surface area contributed by atoms with Crippen molar-refractivity contribution in [3.05, 3.63) is 230 Å². The molecule has 4 heteroatoms. The Hall–Kier alpha value is -5.80. The van der Waals surface area contributed by atoms with Crippen LogP contribution in [0.4, 0.5) is 0 Å². The van der Waals surface area contributed by atoms with Gasteiger partial charge in [0.15, 0.2) is 0 Å². The van der Waals surface area contributed by atoms with Gasteiger partial charge in [-0.2, -0.15) is 12.1 Å². The second-order valence-electron chi connectivity index (χ2n) is 19.6. The fourth-order valence-electron chi connectivity index (χ4n) is 8.89. The van der Waals surface area contributed by atoms with Crippen LogP contribution in [0.1, 0.15) is 88.8 Å². The fraction of sp³-hybridized carbons (Fsp3) is 0.212. The van der Waals surface area contributed by atoms with Crippen molar-refractivity contribution in [3.8, 4) is 33.8 Å². The van der Waals surface area contributed by atoms with Crippen LogP contribution in [0.25, 0.3) is 65.3 Å². The summed E-state index contributed by atoms with van der Waals surface area (Å²) in [5, 5.41) is 29.8. The van der Waals surface area contributed by atoms with Crippen LogP contribution >= 0.6 is 0 Å². The average molecular weight is 1020 g/mol. The molecule has 2 N–H and O–H groups in total. The summed E-state index contributed by atoms with van der Waals surface area (Å²) in [6, 6.07) is 64.3. The van der Waals surface area contributed by atoms with Crippen molar-refractivity contribution in [1.29, 1.82) is 0 Å².